The standard InChI is InChI=1S/C17H29N3/c1-17(2,3)20-12-10-19(11-13-20)16(14-18-4)15-8-6-5-7-9-15/h5-9,16,18H,10-14H2,1-4H3. The molecule has 0 amide bonds. The smallest absolute Gasteiger partial charge is 0.0473 e. The molecule has 1 aromatic carbocycles. The Kier molecular flexibility index (Phi) is 5.19. The lowest BCUT2D eigenvalue weighted by atomic mass is 10.0. The molecular formula is C17H29N3. The molecule has 20 heavy (non-hydrogen) atoms. The summed E-state index contributed by atoms with van der Waals surface area (Å²) in [7, 11) is 2.04. The first kappa shape index (κ1) is 15.5. The van der Waals surface area contributed by atoms with Gasteiger partial charge < -0.3 is 5.32 Å². The topological polar surface area (TPSA) is 18.5 Å². The second-order valence-electron chi connectivity index (χ2n) is 6.68. The van der Waals surface area contributed by atoms with E-state index in [1.54, 1.807) is 0 Å². The van der Waals surface area contributed by atoms with Crippen molar-refractivity contribution in [2.45, 2.75) is 32.4 Å². The number of benzene rings is 1. The highest BCUT2D eigenvalue weighted by Gasteiger charge is 2.29. The van der Waals surface area contributed by atoms with Crippen molar-refractivity contribution in [3.8, 4) is 0 Å². The van der Waals surface area contributed by atoms with Crippen molar-refractivity contribution in [1.82, 2.24) is 15.1 Å². The molecule has 112 valence electrons. The monoisotopic (exact) mass is 275 g/mol. The maximum absolute atomic E-state index is 3.35. The molecule has 0 aromatic heterocycles. The highest BCUT2D eigenvalue weighted by atomic mass is 15.3. The van der Waals surface area contributed by atoms with Crippen molar-refractivity contribution >= 4 is 0 Å². The molecule has 1 aliphatic heterocycles. The number of nitrogens with zero attached hydrogens (tertiary/aromatic N) is 2. The fraction of sp³-hybridized carbons (Fsp3) is 0.647. The molecule has 1 saturated heterocycles. The van der Waals surface area contributed by atoms with E-state index in [4.69, 9.17) is 0 Å². The Hall–Kier alpha value is -0.900. The summed E-state index contributed by atoms with van der Waals surface area (Å²) >= 11 is 0. The van der Waals surface area contributed by atoms with E-state index in [-0.39, 0.29) is 5.54 Å². The summed E-state index contributed by atoms with van der Waals surface area (Å²) < 4.78 is 0. The van der Waals surface area contributed by atoms with Gasteiger partial charge in [0.05, 0.1) is 0 Å². The minimum Gasteiger partial charge on any atom is -0.318 e. The van der Waals surface area contributed by atoms with Crippen LogP contribution < -0.4 is 5.32 Å². The second-order valence-corrected chi connectivity index (χ2v) is 6.68. The summed E-state index contributed by atoms with van der Waals surface area (Å²) in [6.45, 7) is 12.6. The van der Waals surface area contributed by atoms with E-state index < -0.39 is 0 Å². The number of rotatable bonds is 4. The summed E-state index contributed by atoms with van der Waals surface area (Å²) in [5, 5.41) is 3.35. The number of hydrogen-bond acceptors (Lipinski definition) is 3. The first-order chi connectivity index (χ1) is 9.52. The van der Waals surface area contributed by atoms with Crippen LogP contribution in [0.3, 0.4) is 0 Å². The third kappa shape index (κ3) is 3.81. The van der Waals surface area contributed by atoms with Crippen LogP contribution in [0.15, 0.2) is 30.3 Å². The third-order valence-corrected chi connectivity index (χ3v) is 4.29. The zero-order valence-electron chi connectivity index (χ0n) is 13.4. The molecule has 1 atom stereocenters. The highest BCUT2D eigenvalue weighted by molar-refractivity contribution is 5.19. The molecular weight excluding hydrogens is 246 g/mol. The van der Waals surface area contributed by atoms with Crippen LogP contribution in [0.1, 0.15) is 32.4 Å². The lowest BCUT2D eigenvalue weighted by Gasteiger charge is -2.44. The second kappa shape index (κ2) is 6.70. The van der Waals surface area contributed by atoms with Gasteiger partial charge in [0.25, 0.3) is 0 Å². The average Bonchev–Trinajstić information content (AvgIpc) is 2.45. The first-order valence-corrected chi connectivity index (χ1v) is 7.71. The van der Waals surface area contributed by atoms with Gasteiger partial charge in [-0.3, -0.25) is 9.80 Å². The Bertz CT molecular complexity index is 388. The summed E-state index contributed by atoms with van der Waals surface area (Å²) in [5.41, 5.74) is 1.71. The van der Waals surface area contributed by atoms with E-state index in [0.29, 0.717) is 6.04 Å². The van der Waals surface area contributed by atoms with Crippen LogP contribution in [-0.2, 0) is 0 Å². The van der Waals surface area contributed by atoms with Crippen LogP contribution in [0.5, 0.6) is 0 Å². The van der Waals surface area contributed by atoms with E-state index in [1.807, 2.05) is 7.05 Å². The Morgan fingerprint density at radius 2 is 1.65 bits per heavy atom. The molecule has 3 nitrogen and oxygen atoms in total. The van der Waals surface area contributed by atoms with Crippen molar-refractivity contribution in [1.29, 1.82) is 0 Å². The summed E-state index contributed by atoms with van der Waals surface area (Å²) in [6.07, 6.45) is 0. The average molecular weight is 275 g/mol. The van der Waals surface area contributed by atoms with Crippen molar-refractivity contribution in [2.24, 2.45) is 0 Å². The Labute approximate surface area is 124 Å². The van der Waals surface area contributed by atoms with E-state index in [1.165, 1.54) is 5.56 Å². The van der Waals surface area contributed by atoms with Gasteiger partial charge in [0, 0.05) is 44.3 Å². The Balaban J connectivity index is 2.02. The van der Waals surface area contributed by atoms with E-state index >= 15 is 0 Å². The lowest BCUT2D eigenvalue weighted by Crippen LogP contribution is -2.54. The molecule has 0 bridgehead atoms. The maximum Gasteiger partial charge on any atom is 0.0473 e. The molecule has 1 aromatic rings. The van der Waals surface area contributed by atoms with Crippen LogP contribution in [-0.4, -0.2) is 55.1 Å². The van der Waals surface area contributed by atoms with Crippen molar-refractivity contribution < 1.29 is 0 Å². The summed E-state index contributed by atoms with van der Waals surface area (Å²) in [5.74, 6) is 0. The number of nitrogens with one attached hydrogen (secondary N) is 1. The van der Waals surface area contributed by atoms with Gasteiger partial charge in [-0.25, -0.2) is 0 Å². The Morgan fingerprint density at radius 1 is 1.05 bits per heavy atom. The Morgan fingerprint density at radius 3 is 2.15 bits per heavy atom. The van der Waals surface area contributed by atoms with E-state index in [9.17, 15) is 0 Å². The van der Waals surface area contributed by atoms with Crippen molar-refractivity contribution in [3.63, 3.8) is 0 Å². The predicted molar refractivity (Wildman–Crippen MR) is 86.0 cm³/mol. The molecule has 0 radical (unpaired) electrons. The van der Waals surface area contributed by atoms with Gasteiger partial charge in [-0.05, 0) is 33.4 Å². The first-order valence-electron chi connectivity index (χ1n) is 7.71. The molecule has 0 spiro atoms. The number of hydrogen-bond donors (Lipinski definition) is 1. The minimum absolute atomic E-state index is 0.289. The molecule has 1 N–H and O–H groups in total. The van der Waals surface area contributed by atoms with Crippen LogP contribution in [0.4, 0.5) is 0 Å². The lowest BCUT2D eigenvalue weighted by molar-refractivity contribution is 0.0419. The quantitative estimate of drug-likeness (QED) is 0.910. The summed E-state index contributed by atoms with van der Waals surface area (Å²) in [4.78, 5) is 5.21. The number of piperazine rings is 1. The molecule has 0 aliphatic carbocycles. The molecule has 1 aliphatic rings. The van der Waals surface area contributed by atoms with Crippen LogP contribution in [0.25, 0.3) is 0 Å². The third-order valence-electron chi connectivity index (χ3n) is 4.29. The molecule has 2 rings (SSSR count). The zero-order valence-corrected chi connectivity index (χ0v) is 13.4. The fourth-order valence-corrected chi connectivity index (χ4v) is 3.03. The molecule has 0 saturated carbocycles. The van der Waals surface area contributed by atoms with E-state index in [2.05, 4.69) is 66.2 Å². The van der Waals surface area contributed by atoms with Crippen molar-refractivity contribution in [3.05, 3.63) is 35.9 Å². The van der Waals surface area contributed by atoms with Gasteiger partial charge in [0.1, 0.15) is 0 Å². The normalized spacial score (nSPS) is 20.0. The molecule has 3 heteroatoms. The van der Waals surface area contributed by atoms with Gasteiger partial charge in [-0.15, -0.1) is 0 Å². The van der Waals surface area contributed by atoms with Crippen LogP contribution >= 0.6 is 0 Å². The van der Waals surface area contributed by atoms with Gasteiger partial charge >= 0.3 is 0 Å². The predicted octanol–water partition coefficient (Wildman–Crippen LogP) is 2.36. The maximum atomic E-state index is 3.35. The molecule has 1 unspecified atom stereocenters. The summed E-state index contributed by atoms with van der Waals surface area (Å²) in [6, 6.07) is 11.4. The highest BCUT2D eigenvalue weighted by Crippen LogP contribution is 2.24. The SMILES string of the molecule is CNCC(c1ccccc1)N1CCN(C(C)(C)C)CC1. The zero-order chi connectivity index (χ0) is 14.6. The largest absolute Gasteiger partial charge is 0.318 e. The van der Waals surface area contributed by atoms with Crippen LogP contribution in [0, 0.1) is 0 Å². The van der Waals surface area contributed by atoms with E-state index in [0.717, 1.165) is 32.7 Å². The van der Waals surface area contributed by atoms with Gasteiger partial charge in [0.2, 0.25) is 0 Å². The fourth-order valence-electron chi connectivity index (χ4n) is 3.03. The molecule has 1 fully saturated rings. The number of likely N-dealkylation sites (N-methyl/N-ethyl adjacent to an activating group) is 1. The molecule has 1 heterocycles. The van der Waals surface area contributed by atoms with Crippen molar-refractivity contribution in [2.75, 3.05) is 39.8 Å². The van der Waals surface area contributed by atoms with Crippen LogP contribution in [0.2, 0.25) is 0 Å². The van der Waals surface area contributed by atoms with Gasteiger partial charge in [0.15, 0.2) is 0 Å². The van der Waals surface area contributed by atoms with Gasteiger partial charge in [-0.1, -0.05) is 30.3 Å². The minimum atomic E-state index is 0.289. The van der Waals surface area contributed by atoms with Gasteiger partial charge in [-0.2, -0.15) is 0 Å².